The highest BCUT2D eigenvalue weighted by Crippen LogP contribution is 2.33. The molecule has 0 spiro atoms. The van der Waals surface area contributed by atoms with Gasteiger partial charge in [0.05, 0.1) is 6.61 Å². The van der Waals surface area contributed by atoms with Crippen molar-refractivity contribution in [2.45, 2.75) is 46.5 Å². The van der Waals surface area contributed by atoms with Gasteiger partial charge in [-0.25, -0.2) is 4.79 Å². The normalized spacial score (nSPS) is 12.3. The Morgan fingerprint density at radius 3 is 2.40 bits per heavy atom. The van der Waals surface area contributed by atoms with Crippen LogP contribution >= 0.6 is 0 Å². The molecule has 110 valence electrons. The van der Waals surface area contributed by atoms with E-state index in [0.717, 1.165) is 16.9 Å². The number of carbonyl (C=O) groups is 1. The fraction of sp³-hybridized carbons (Fsp3) is 0.471. The zero-order valence-corrected chi connectivity index (χ0v) is 13.0. The van der Waals surface area contributed by atoms with Crippen LogP contribution in [-0.4, -0.2) is 17.7 Å². The maximum atomic E-state index is 11.0. The van der Waals surface area contributed by atoms with Crippen LogP contribution in [0, 0.1) is 0 Å². The summed E-state index contributed by atoms with van der Waals surface area (Å²) in [6, 6.07) is 6.02. The summed E-state index contributed by atoms with van der Waals surface area (Å²) in [6.07, 6.45) is 1.92. The Balaban J connectivity index is 3.41. The SMILES string of the molecule is CCOc1ccc(C(C)(C)C)cc1/C(=C/C(=O)O)CC. The van der Waals surface area contributed by atoms with Crippen molar-refractivity contribution in [2.24, 2.45) is 0 Å². The molecule has 0 amide bonds. The Kier molecular flexibility index (Phi) is 5.37. The minimum Gasteiger partial charge on any atom is -0.493 e. The summed E-state index contributed by atoms with van der Waals surface area (Å²) in [5.41, 5.74) is 2.85. The molecule has 0 atom stereocenters. The molecule has 0 aliphatic carbocycles. The summed E-state index contributed by atoms with van der Waals surface area (Å²) in [6.45, 7) is 10.9. The minimum atomic E-state index is -0.925. The first-order chi connectivity index (χ1) is 9.29. The first-order valence-corrected chi connectivity index (χ1v) is 7.00. The first kappa shape index (κ1) is 16.3. The average Bonchev–Trinajstić information content (AvgIpc) is 2.35. The van der Waals surface area contributed by atoms with Gasteiger partial charge in [0.25, 0.3) is 0 Å². The monoisotopic (exact) mass is 276 g/mol. The molecule has 1 rings (SSSR count). The molecule has 0 fully saturated rings. The van der Waals surface area contributed by atoms with Gasteiger partial charge in [-0.2, -0.15) is 0 Å². The summed E-state index contributed by atoms with van der Waals surface area (Å²) in [7, 11) is 0. The van der Waals surface area contributed by atoms with Crippen LogP contribution in [0.5, 0.6) is 5.75 Å². The number of carboxylic acid groups (broad SMARTS) is 1. The summed E-state index contributed by atoms with van der Waals surface area (Å²) in [5.74, 6) is -0.180. The average molecular weight is 276 g/mol. The van der Waals surface area contributed by atoms with Crippen molar-refractivity contribution < 1.29 is 14.6 Å². The molecule has 3 heteroatoms. The first-order valence-electron chi connectivity index (χ1n) is 7.00. The molecule has 0 heterocycles. The number of aliphatic carboxylic acids is 1. The standard InChI is InChI=1S/C17H24O3/c1-6-12(10-16(18)19)14-11-13(17(3,4)5)8-9-15(14)20-7-2/h8-11H,6-7H2,1-5H3,(H,18,19)/b12-10+. The van der Waals surface area contributed by atoms with E-state index in [4.69, 9.17) is 9.84 Å². The van der Waals surface area contributed by atoms with Crippen LogP contribution in [0.25, 0.3) is 5.57 Å². The van der Waals surface area contributed by atoms with E-state index in [9.17, 15) is 4.79 Å². The predicted octanol–water partition coefficient (Wildman–Crippen LogP) is 4.26. The Labute approximate surface area is 121 Å². The smallest absolute Gasteiger partial charge is 0.328 e. The van der Waals surface area contributed by atoms with Gasteiger partial charge in [0.2, 0.25) is 0 Å². The summed E-state index contributed by atoms with van der Waals surface area (Å²) in [5, 5.41) is 9.01. The second-order valence-corrected chi connectivity index (χ2v) is 5.76. The highest BCUT2D eigenvalue weighted by atomic mass is 16.5. The van der Waals surface area contributed by atoms with Gasteiger partial charge in [0, 0.05) is 11.6 Å². The lowest BCUT2D eigenvalue weighted by Crippen LogP contribution is -2.12. The van der Waals surface area contributed by atoms with E-state index in [0.29, 0.717) is 13.0 Å². The molecule has 0 aliphatic rings. The number of allylic oxidation sites excluding steroid dienone is 1. The largest absolute Gasteiger partial charge is 0.493 e. The van der Waals surface area contributed by atoms with Gasteiger partial charge < -0.3 is 9.84 Å². The maximum absolute atomic E-state index is 11.0. The summed E-state index contributed by atoms with van der Waals surface area (Å²) < 4.78 is 5.64. The Bertz CT molecular complexity index is 507. The van der Waals surface area contributed by atoms with E-state index in [1.807, 2.05) is 32.0 Å². The number of hydrogen-bond acceptors (Lipinski definition) is 2. The van der Waals surface area contributed by atoms with E-state index < -0.39 is 5.97 Å². The van der Waals surface area contributed by atoms with Gasteiger partial charge in [-0.3, -0.25) is 0 Å². The number of benzene rings is 1. The predicted molar refractivity (Wildman–Crippen MR) is 82.2 cm³/mol. The van der Waals surface area contributed by atoms with Gasteiger partial charge in [-0.05, 0) is 42.0 Å². The van der Waals surface area contributed by atoms with Gasteiger partial charge >= 0.3 is 5.97 Å². The van der Waals surface area contributed by atoms with Gasteiger partial charge in [-0.1, -0.05) is 33.8 Å². The van der Waals surface area contributed by atoms with E-state index in [-0.39, 0.29) is 5.41 Å². The van der Waals surface area contributed by atoms with Gasteiger partial charge in [0.1, 0.15) is 5.75 Å². The van der Waals surface area contributed by atoms with Crippen LogP contribution in [0.2, 0.25) is 0 Å². The maximum Gasteiger partial charge on any atom is 0.328 e. The van der Waals surface area contributed by atoms with Crippen LogP contribution in [0.3, 0.4) is 0 Å². The van der Waals surface area contributed by atoms with Crippen molar-refractivity contribution in [3.05, 3.63) is 35.4 Å². The van der Waals surface area contributed by atoms with E-state index in [1.54, 1.807) is 0 Å². The molecule has 0 aliphatic heterocycles. The van der Waals surface area contributed by atoms with Gasteiger partial charge in [0.15, 0.2) is 0 Å². The highest BCUT2D eigenvalue weighted by molar-refractivity contribution is 5.91. The third-order valence-corrected chi connectivity index (χ3v) is 3.17. The lowest BCUT2D eigenvalue weighted by Gasteiger charge is -2.22. The molecule has 0 saturated carbocycles. The van der Waals surface area contributed by atoms with Crippen molar-refractivity contribution in [3.63, 3.8) is 0 Å². The molecule has 0 unspecified atom stereocenters. The summed E-state index contributed by atoms with van der Waals surface area (Å²) >= 11 is 0. The molecule has 0 bridgehead atoms. The van der Waals surface area contributed by atoms with Crippen LogP contribution in [0.4, 0.5) is 0 Å². The Morgan fingerprint density at radius 2 is 1.95 bits per heavy atom. The fourth-order valence-electron chi connectivity index (χ4n) is 2.05. The van der Waals surface area contributed by atoms with Crippen molar-refractivity contribution in [1.29, 1.82) is 0 Å². The van der Waals surface area contributed by atoms with Gasteiger partial charge in [-0.15, -0.1) is 0 Å². The Hall–Kier alpha value is -1.77. The molecule has 0 radical (unpaired) electrons. The van der Waals surface area contributed by atoms with Crippen molar-refractivity contribution in [3.8, 4) is 5.75 Å². The van der Waals surface area contributed by atoms with E-state index >= 15 is 0 Å². The van der Waals surface area contributed by atoms with Crippen molar-refractivity contribution in [2.75, 3.05) is 6.61 Å². The second-order valence-electron chi connectivity index (χ2n) is 5.76. The third-order valence-electron chi connectivity index (χ3n) is 3.17. The minimum absolute atomic E-state index is 0.0154. The number of rotatable bonds is 5. The molecule has 0 saturated heterocycles. The molecule has 3 nitrogen and oxygen atoms in total. The van der Waals surface area contributed by atoms with Crippen molar-refractivity contribution >= 4 is 11.5 Å². The van der Waals surface area contributed by atoms with Crippen molar-refractivity contribution in [1.82, 2.24) is 0 Å². The van der Waals surface area contributed by atoms with Crippen LogP contribution in [-0.2, 0) is 10.2 Å². The molecular formula is C17H24O3. The lowest BCUT2D eigenvalue weighted by molar-refractivity contribution is -0.131. The van der Waals surface area contributed by atoms with E-state index in [2.05, 4.69) is 20.8 Å². The molecule has 1 aromatic rings. The topological polar surface area (TPSA) is 46.5 Å². The van der Waals surface area contributed by atoms with Crippen LogP contribution < -0.4 is 4.74 Å². The third kappa shape index (κ3) is 4.12. The molecule has 1 N–H and O–H groups in total. The van der Waals surface area contributed by atoms with E-state index in [1.165, 1.54) is 11.6 Å². The molecule has 20 heavy (non-hydrogen) atoms. The quantitative estimate of drug-likeness (QED) is 0.817. The summed E-state index contributed by atoms with van der Waals surface area (Å²) in [4.78, 5) is 11.0. The fourth-order valence-corrected chi connectivity index (χ4v) is 2.05. The Morgan fingerprint density at radius 1 is 1.30 bits per heavy atom. The number of hydrogen-bond donors (Lipinski definition) is 1. The number of carboxylic acids is 1. The lowest BCUT2D eigenvalue weighted by atomic mass is 9.85. The number of ether oxygens (including phenoxy) is 1. The van der Waals surface area contributed by atoms with Crippen LogP contribution in [0.1, 0.15) is 52.2 Å². The second kappa shape index (κ2) is 6.60. The van der Waals surface area contributed by atoms with Crippen LogP contribution in [0.15, 0.2) is 24.3 Å². The molecule has 1 aromatic carbocycles. The molecular weight excluding hydrogens is 252 g/mol. The zero-order valence-electron chi connectivity index (χ0n) is 13.0. The highest BCUT2D eigenvalue weighted by Gasteiger charge is 2.17. The molecule has 0 aromatic heterocycles. The zero-order chi connectivity index (χ0) is 15.3.